The molecule has 0 saturated heterocycles. The van der Waals surface area contributed by atoms with Gasteiger partial charge in [-0.3, -0.25) is 4.79 Å². The predicted molar refractivity (Wildman–Crippen MR) is 114 cm³/mol. The highest BCUT2D eigenvalue weighted by atomic mass is 32.2. The molecule has 1 aromatic heterocycles. The molecule has 3 aromatic rings. The van der Waals surface area contributed by atoms with Crippen molar-refractivity contribution >= 4 is 23.4 Å². The molecule has 0 radical (unpaired) electrons. The number of hydrogen-bond acceptors (Lipinski definition) is 6. The van der Waals surface area contributed by atoms with Crippen LogP contribution in [0.4, 0.5) is 5.69 Å². The van der Waals surface area contributed by atoms with Crippen LogP contribution in [0.3, 0.4) is 0 Å². The molecule has 4 rings (SSSR count). The van der Waals surface area contributed by atoms with Gasteiger partial charge >= 0.3 is 0 Å². The van der Waals surface area contributed by atoms with Crippen molar-refractivity contribution in [3.63, 3.8) is 0 Å². The van der Waals surface area contributed by atoms with Gasteiger partial charge in [-0.15, -0.1) is 10.2 Å². The summed E-state index contributed by atoms with van der Waals surface area (Å²) in [4.78, 5) is 13.3. The Labute approximate surface area is 173 Å². The van der Waals surface area contributed by atoms with Crippen LogP contribution < -0.4 is 15.9 Å². The highest BCUT2D eigenvalue weighted by molar-refractivity contribution is 8.00. The number of benzene rings is 2. The van der Waals surface area contributed by atoms with Gasteiger partial charge in [0.15, 0.2) is 5.82 Å². The molecular weight excluding hydrogens is 386 g/mol. The molecule has 7 nitrogen and oxygen atoms in total. The molecule has 3 N–H and O–H groups in total. The van der Waals surface area contributed by atoms with Gasteiger partial charge in [0.25, 0.3) is 0 Å². The second-order valence-electron chi connectivity index (χ2n) is 7.09. The van der Waals surface area contributed by atoms with E-state index in [9.17, 15) is 4.79 Å². The molecule has 150 valence electrons. The summed E-state index contributed by atoms with van der Waals surface area (Å²) in [6.45, 7) is 1.97. The summed E-state index contributed by atoms with van der Waals surface area (Å²) >= 11 is 1.29. The number of aromatic nitrogens is 3. The molecule has 1 amide bonds. The number of carbonyl (C=O) groups excluding carboxylic acids is 1. The van der Waals surface area contributed by atoms with Crippen LogP contribution in [0.15, 0.2) is 53.7 Å². The van der Waals surface area contributed by atoms with Crippen LogP contribution in [0, 0.1) is 6.92 Å². The van der Waals surface area contributed by atoms with Crippen LogP contribution in [-0.2, 0) is 4.79 Å². The maximum absolute atomic E-state index is 13.3. The van der Waals surface area contributed by atoms with Gasteiger partial charge in [-0.2, -0.15) is 0 Å². The molecule has 1 fully saturated rings. The lowest BCUT2D eigenvalue weighted by Crippen LogP contribution is -2.21. The normalized spacial score (nSPS) is 14.4. The standard InChI is InChI=1S/C21H23N5O2S/c1-13-8-11-17(28-2)16(12-13)23-20(27)18(14-6-4-3-5-7-14)29-21-25-24-19(26(21)22)15-9-10-15/h3-8,11-12,15,18H,9-10,22H2,1-2H3,(H,23,27)/t18-/m1/s1. The van der Waals surface area contributed by atoms with E-state index in [0.29, 0.717) is 22.5 Å². The van der Waals surface area contributed by atoms with Gasteiger partial charge in [0, 0.05) is 5.92 Å². The van der Waals surface area contributed by atoms with E-state index in [4.69, 9.17) is 10.6 Å². The molecular formula is C21H23N5O2S. The third-order valence-corrected chi connectivity index (χ3v) is 6.02. The summed E-state index contributed by atoms with van der Waals surface area (Å²) in [5.41, 5.74) is 2.52. The van der Waals surface area contributed by atoms with Crippen molar-refractivity contribution in [2.75, 3.05) is 18.3 Å². The zero-order chi connectivity index (χ0) is 20.4. The predicted octanol–water partition coefficient (Wildman–Crippen LogP) is 3.66. The molecule has 0 bridgehead atoms. The minimum atomic E-state index is -0.542. The Hall–Kier alpha value is -3.00. The third-order valence-electron chi connectivity index (χ3n) is 4.81. The lowest BCUT2D eigenvalue weighted by Gasteiger charge is -2.18. The van der Waals surface area contributed by atoms with Crippen LogP contribution in [0.1, 0.15) is 41.0 Å². The number of aryl methyl sites for hydroxylation is 1. The second-order valence-corrected chi connectivity index (χ2v) is 8.16. The van der Waals surface area contributed by atoms with E-state index in [1.54, 1.807) is 7.11 Å². The number of hydrogen-bond donors (Lipinski definition) is 2. The summed E-state index contributed by atoms with van der Waals surface area (Å²) in [5, 5.41) is 11.4. The first-order valence-corrected chi connectivity index (χ1v) is 10.3. The van der Waals surface area contributed by atoms with E-state index in [1.165, 1.54) is 16.4 Å². The Kier molecular flexibility index (Phi) is 5.44. The van der Waals surface area contributed by atoms with Crippen molar-refractivity contribution in [1.29, 1.82) is 0 Å². The minimum Gasteiger partial charge on any atom is -0.495 e. The first-order chi connectivity index (χ1) is 14.1. The number of rotatable bonds is 7. The lowest BCUT2D eigenvalue weighted by molar-refractivity contribution is -0.115. The van der Waals surface area contributed by atoms with E-state index < -0.39 is 5.25 Å². The number of nitrogens with zero attached hydrogens (tertiary/aromatic N) is 3. The monoisotopic (exact) mass is 409 g/mol. The molecule has 0 aliphatic heterocycles. The summed E-state index contributed by atoms with van der Waals surface area (Å²) < 4.78 is 6.91. The highest BCUT2D eigenvalue weighted by Gasteiger charge is 2.32. The molecule has 0 unspecified atom stereocenters. The fourth-order valence-corrected chi connectivity index (χ4v) is 4.08. The fraction of sp³-hybridized carbons (Fsp3) is 0.286. The minimum absolute atomic E-state index is 0.180. The molecule has 2 aromatic carbocycles. The van der Waals surface area contributed by atoms with Crippen molar-refractivity contribution in [3.05, 3.63) is 65.5 Å². The maximum atomic E-state index is 13.3. The van der Waals surface area contributed by atoms with E-state index in [1.807, 2.05) is 55.5 Å². The van der Waals surface area contributed by atoms with E-state index >= 15 is 0 Å². The summed E-state index contributed by atoms with van der Waals surface area (Å²) in [6.07, 6.45) is 2.16. The number of thioether (sulfide) groups is 1. The maximum Gasteiger partial charge on any atom is 0.242 e. The number of nitrogen functional groups attached to an aromatic ring is 1. The van der Waals surface area contributed by atoms with Gasteiger partial charge in [0.1, 0.15) is 11.0 Å². The summed E-state index contributed by atoms with van der Waals surface area (Å²) in [7, 11) is 1.58. The number of methoxy groups -OCH3 is 1. The molecule has 1 aliphatic carbocycles. The van der Waals surface area contributed by atoms with Crippen molar-refractivity contribution in [2.24, 2.45) is 0 Å². The smallest absolute Gasteiger partial charge is 0.242 e. The Morgan fingerprint density at radius 3 is 2.69 bits per heavy atom. The van der Waals surface area contributed by atoms with Gasteiger partial charge in [-0.05, 0) is 43.0 Å². The largest absolute Gasteiger partial charge is 0.495 e. The van der Waals surface area contributed by atoms with Crippen LogP contribution in [-0.4, -0.2) is 27.9 Å². The first-order valence-electron chi connectivity index (χ1n) is 9.44. The van der Waals surface area contributed by atoms with Crippen LogP contribution >= 0.6 is 11.8 Å². The van der Waals surface area contributed by atoms with Crippen molar-refractivity contribution in [2.45, 2.75) is 36.1 Å². The second kappa shape index (κ2) is 8.16. The summed E-state index contributed by atoms with van der Waals surface area (Å²) in [5.74, 6) is 7.79. The molecule has 1 saturated carbocycles. The van der Waals surface area contributed by atoms with Gasteiger partial charge < -0.3 is 15.9 Å². The third kappa shape index (κ3) is 4.22. The zero-order valence-electron chi connectivity index (χ0n) is 16.3. The van der Waals surface area contributed by atoms with Gasteiger partial charge in [-0.1, -0.05) is 48.2 Å². The van der Waals surface area contributed by atoms with E-state index in [0.717, 1.165) is 29.8 Å². The summed E-state index contributed by atoms with van der Waals surface area (Å²) in [6, 6.07) is 15.2. The zero-order valence-corrected chi connectivity index (χ0v) is 17.1. The molecule has 29 heavy (non-hydrogen) atoms. The highest BCUT2D eigenvalue weighted by Crippen LogP contribution is 2.41. The quantitative estimate of drug-likeness (QED) is 0.457. The number of nitrogens with two attached hydrogens (primary N) is 1. The molecule has 1 heterocycles. The number of amides is 1. The number of carbonyl (C=O) groups is 1. The molecule has 8 heteroatoms. The van der Waals surface area contributed by atoms with Crippen LogP contribution in [0.2, 0.25) is 0 Å². The van der Waals surface area contributed by atoms with Crippen LogP contribution in [0.5, 0.6) is 5.75 Å². The SMILES string of the molecule is COc1ccc(C)cc1NC(=O)[C@H](Sc1nnc(C2CC2)n1N)c1ccccc1. The Morgan fingerprint density at radius 1 is 1.24 bits per heavy atom. The Balaban J connectivity index is 1.62. The number of ether oxygens (including phenoxy) is 1. The van der Waals surface area contributed by atoms with Gasteiger partial charge in [0.05, 0.1) is 12.8 Å². The van der Waals surface area contributed by atoms with E-state index in [-0.39, 0.29) is 5.91 Å². The Morgan fingerprint density at radius 2 is 2.00 bits per heavy atom. The van der Waals surface area contributed by atoms with Gasteiger partial charge in [-0.25, -0.2) is 4.68 Å². The fourth-order valence-electron chi connectivity index (χ4n) is 3.11. The van der Waals surface area contributed by atoms with Crippen molar-refractivity contribution in [1.82, 2.24) is 14.9 Å². The van der Waals surface area contributed by atoms with E-state index in [2.05, 4.69) is 15.5 Å². The average molecular weight is 410 g/mol. The van der Waals surface area contributed by atoms with Crippen molar-refractivity contribution in [3.8, 4) is 5.75 Å². The number of nitrogens with one attached hydrogen (secondary N) is 1. The topological polar surface area (TPSA) is 95.1 Å². The molecule has 1 atom stereocenters. The number of anilines is 1. The lowest BCUT2D eigenvalue weighted by atomic mass is 10.1. The molecule has 1 aliphatic rings. The first kappa shape index (κ1) is 19.3. The Bertz CT molecular complexity index is 1020. The van der Waals surface area contributed by atoms with Crippen molar-refractivity contribution < 1.29 is 9.53 Å². The van der Waals surface area contributed by atoms with Gasteiger partial charge in [0.2, 0.25) is 11.1 Å². The van der Waals surface area contributed by atoms with Crippen LogP contribution in [0.25, 0.3) is 0 Å². The molecule has 0 spiro atoms. The average Bonchev–Trinajstić information content (AvgIpc) is 3.50.